The van der Waals surface area contributed by atoms with Gasteiger partial charge in [0.05, 0.1) is 7.11 Å². The zero-order chi connectivity index (χ0) is 16.5. The van der Waals surface area contributed by atoms with E-state index in [1.165, 1.54) is 0 Å². The van der Waals surface area contributed by atoms with Gasteiger partial charge in [0, 0.05) is 12.8 Å². The fourth-order valence-corrected chi connectivity index (χ4v) is 1.86. The number of carbonyl (C=O) groups excluding carboxylic acids is 2. The van der Waals surface area contributed by atoms with Crippen LogP contribution < -0.4 is 15.8 Å². The third kappa shape index (κ3) is 6.25. The van der Waals surface area contributed by atoms with Gasteiger partial charge in [0.1, 0.15) is 11.8 Å². The molecule has 0 fully saturated rings. The van der Waals surface area contributed by atoms with E-state index in [0.29, 0.717) is 6.42 Å². The van der Waals surface area contributed by atoms with Crippen LogP contribution in [0.4, 0.5) is 0 Å². The monoisotopic (exact) mass is 308 g/mol. The average Bonchev–Trinajstić information content (AvgIpc) is 2.49. The lowest BCUT2D eigenvalue weighted by molar-refractivity contribution is -0.142. The lowest BCUT2D eigenvalue weighted by Gasteiger charge is -2.13. The second-order valence-corrected chi connectivity index (χ2v) is 4.81. The minimum absolute atomic E-state index is 0.0149. The summed E-state index contributed by atoms with van der Waals surface area (Å²) in [5.41, 5.74) is 5.92. The molecule has 0 aromatic heterocycles. The van der Waals surface area contributed by atoms with Gasteiger partial charge < -0.3 is 20.9 Å². The summed E-state index contributed by atoms with van der Waals surface area (Å²) in [5.74, 6) is -1.43. The Labute approximate surface area is 128 Å². The van der Waals surface area contributed by atoms with Gasteiger partial charge in [0.25, 0.3) is 0 Å². The number of carboxylic acid groups (broad SMARTS) is 1. The van der Waals surface area contributed by atoms with Crippen molar-refractivity contribution in [3.8, 4) is 5.75 Å². The van der Waals surface area contributed by atoms with Crippen LogP contribution in [0.2, 0.25) is 0 Å². The summed E-state index contributed by atoms with van der Waals surface area (Å²) in [7, 11) is 1.57. The normalized spacial score (nSPS) is 11.5. The number of carbonyl (C=O) groups is 3. The highest BCUT2D eigenvalue weighted by Crippen LogP contribution is 2.12. The van der Waals surface area contributed by atoms with Crippen molar-refractivity contribution in [2.75, 3.05) is 7.11 Å². The average molecular weight is 308 g/mol. The quantitative estimate of drug-likeness (QED) is 0.612. The predicted molar refractivity (Wildman–Crippen MR) is 79.3 cm³/mol. The summed E-state index contributed by atoms with van der Waals surface area (Å²) < 4.78 is 5.04. The van der Waals surface area contributed by atoms with Crippen molar-refractivity contribution >= 4 is 17.8 Å². The Morgan fingerprint density at radius 1 is 1.23 bits per heavy atom. The van der Waals surface area contributed by atoms with Crippen LogP contribution in [-0.4, -0.2) is 36.0 Å². The molecule has 0 spiro atoms. The van der Waals surface area contributed by atoms with E-state index < -0.39 is 17.9 Å². The van der Waals surface area contributed by atoms with Crippen molar-refractivity contribution in [1.29, 1.82) is 0 Å². The SMILES string of the molecule is COc1ccc(CCC(=O)N[C@@H](CCC(N)=O)C(=O)O)cc1. The first kappa shape index (κ1) is 17.5. The minimum atomic E-state index is -1.18. The van der Waals surface area contributed by atoms with Gasteiger partial charge in [0.2, 0.25) is 11.8 Å². The molecule has 0 aliphatic rings. The molecule has 2 amide bonds. The summed E-state index contributed by atoms with van der Waals surface area (Å²) in [6, 6.07) is 6.16. The zero-order valence-corrected chi connectivity index (χ0v) is 12.4. The van der Waals surface area contributed by atoms with Gasteiger partial charge in [0.15, 0.2) is 0 Å². The third-order valence-corrected chi connectivity index (χ3v) is 3.11. The second-order valence-electron chi connectivity index (χ2n) is 4.81. The number of rotatable bonds is 9. The Balaban J connectivity index is 2.45. The molecule has 0 aliphatic carbocycles. The summed E-state index contributed by atoms with van der Waals surface area (Å²) in [5, 5.41) is 11.4. The van der Waals surface area contributed by atoms with E-state index in [0.717, 1.165) is 11.3 Å². The molecule has 4 N–H and O–H groups in total. The second kappa shape index (κ2) is 8.66. The Bertz CT molecular complexity index is 527. The highest BCUT2D eigenvalue weighted by atomic mass is 16.5. The molecule has 0 aliphatic heterocycles. The summed E-state index contributed by atoms with van der Waals surface area (Å²) in [6.45, 7) is 0. The number of nitrogens with two attached hydrogens (primary N) is 1. The summed E-state index contributed by atoms with van der Waals surface area (Å²) in [6.07, 6.45) is 0.541. The number of benzene rings is 1. The molecule has 1 aromatic carbocycles. The molecule has 0 saturated heterocycles. The number of amides is 2. The lowest BCUT2D eigenvalue weighted by atomic mass is 10.1. The molecule has 22 heavy (non-hydrogen) atoms. The molecule has 0 heterocycles. The van der Waals surface area contributed by atoms with E-state index in [9.17, 15) is 14.4 Å². The van der Waals surface area contributed by atoms with E-state index >= 15 is 0 Å². The van der Waals surface area contributed by atoms with Crippen LogP contribution in [-0.2, 0) is 20.8 Å². The van der Waals surface area contributed by atoms with Crippen molar-refractivity contribution in [1.82, 2.24) is 5.32 Å². The number of carboxylic acids is 1. The van der Waals surface area contributed by atoms with Crippen LogP contribution in [0.3, 0.4) is 0 Å². The van der Waals surface area contributed by atoms with Gasteiger partial charge in [-0.1, -0.05) is 12.1 Å². The van der Waals surface area contributed by atoms with Gasteiger partial charge in [-0.15, -0.1) is 0 Å². The van der Waals surface area contributed by atoms with E-state index in [1.807, 2.05) is 12.1 Å². The third-order valence-electron chi connectivity index (χ3n) is 3.11. The van der Waals surface area contributed by atoms with Crippen LogP contribution in [0, 0.1) is 0 Å². The number of ether oxygens (including phenoxy) is 1. The van der Waals surface area contributed by atoms with Crippen LogP contribution >= 0.6 is 0 Å². The molecule has 0 bridgehead atoms. The van der Waals surface area contributed by atoms with Gasteiger partial charge >= 0.3 is 5.97 Å². The van der Waals surface area contributed by atoms with Crippen molar-refractivity contribution in [3.63, 3.8) is 0 Å². The van der Waals surface area contributed by atoms with Crippen LogP contribution in [0.15, 0.2) is 24.3 Å². The minimum Gasteiger partial charge on any atom is -0.497 e. The number of methoxy groups -OCH3 is 1. The van der Waals surface area contributed by atoms with E-state index in [-0.39, 0.29) is 25.2 Å². The number of hydrogen-bond donors (Lipinski definition) is 3. The Hall–Kier alpha value is -2.57. The first-order valence-electron chi connectivity index (χ1n) is 6.85. The molecular weight excluding hydrogens is 288 g/mol. The molecular formula is C15H20N2O5. The molecule has 1 aromatic rings. The lowest BCUT2D eigenvalue weighted by Crippen LogP contribution is -2.41. The number of aliphatic carboxylic acids is 1. The van der Waals surface area contributed by atoms with E-state index in [1.54, 1.807) is 19.2 Å². The molecule has 7 nitrogen and oxygen atoms in total. The van der Waals surface area contributed by atoms with Crippen molar-refractivity contribution in [2.45, 2.75) is 31.7 Å². The number of nitrogens with one attached hydrogen (secondary N) is 1. The zero-order valence-electron chi connectivity index (χ0n) is 12.4. The fraction of sp³-hybridized carbons (Fsp3) is 0.400. The first-order valence-corrected chi connectivity index (χ1v) is 6.85. The summed E-state index contributed by atoms with van der Waals surface area (Å²) in [4.78, 5) is 33.5. The predicted octanol–water partition coefficient (Wildman–Crippen LogP) is 0.463. The topological polar surface area (TPSA) is 119 Å². The summed E-state index contributed by atoms with van der Waals surface area (Å²) >= 11 is 0. The van der Waals surface area contributed by atoms with Crippen molar-refractivity contribution in [2.24, 2.45) is 5.73 Å². The van der Waals surface area contributed by atoms with Crippen molar-refractivity contribution < 1.29 is 24.2 Å². The van der Waals surface area contributed by atoms with Gasteiger partial charge in [-0.3, -0.25) is 9.59 Å². The Morgan fingerprint density at radius 3 is 2.36 bits per heavy atom. The molecule has 0 unspecified atom stereocenters. The standard InChI is InChI=1S/C15H20N2O5/c1-22-11-5-2-10(3-6-11)4-9-14(19)17-12(15(20)21)7-8-13(16)18/h2-3,5-6,12H,4,7-9H2,1H3,(H2,16,18)(H,17,19)(H,20,21)/t12-/m0/s1. The maximum absolute atomic E-state index is 11.8. The maximum atomic E-state index is 11.8. The fourth-order valence-electron chi connectivity index (χ4n) is 1.86. The highest BCUT2D eigenvalue weighted by molar-refractivity contribution is 5.84. The molecule has 120 valence electrons. The smallest absolute Gasteiger partial charge is 0.326 e. The highest BCUT2D eigenvalue weighted by Gasteiger charge is 2.20. The Morgan fingerprint density at radius 2 is 1.86 bits per heavy atom. The molecule has 7 heteroatoms. The van der Waals surface area contributed by atoms with Gasteiger partial charge in [-0.2, -0.15) is 0 Å². The number of hydrogen-bond acceptors (Lipinski definition) is 4. The molecule has 0 radical (unpaired) electrons. The van der Waals surface area contributed by atoms with E-state index in [2.05, 4.69) is 5.32 Å². The molecule has 0 saturated carbocycles. The van der Waals surface area contributed by atoms with E-state index in [4.69, 9.17) is 15.6 Å². The van der Waals surface area contributed by atoms with Gasteiger partial charge in [-0.05, 0) is 30.5 Å². The van der Waals surface area contributed by atoms with Crippen LogP contribution in [0.5, 0.6) is 5.75 Å². The number of aryl methyl sites for hydroxylation is 1. The number of primary amides is 1. The first-order chi connectivity index (χ1) is 10.4. The van der Waals surface area contributed by atoms with Crippen LogP contribution in [0.1, 0.15) is 24.8 Å². The van der Waals surface area contributed by atoms with Crippen molar-refractivity contribution in [3.05, 3.63) is 29.8 Å². The molecule has 1 rings (SSSR count). The molecule has 1 atom stereocenters. The maximum Gasteiger partial charge on any atom is 0.326 e. The van der Waals surface area contributed by atoms with Crippen LogP contribution in [0.25, 0.3) is 0 Å². The van der Waals surface area contributed by atoms with Gasteiger partial charge in [-0.25, -0.2) is 4.79 Å². The largest absolute Gasteiger partial charge is 0.497 e. The Kier molecular flexibility index (Phi) is 6.88.